The number of pyridine rings is 1. The molecule has 1 aliphatic rings. The van der Waals surface area contributed by atoms with E-state index in [0.29, 0.717) is 34.4 Å². The summed E-state index contributed by atoms with van der Waals surface area (Å²) >= 11 is 0. The van der Waals surface area contributed by atoms with E-state index in [2.05, 4.69) is 25.2 Å². The number of hydrogen-bond donors (Lipinski definition) is 2. The van der Waals surface area contributed by atoms with Gasteiger partial charge in [-0.2, -0.15) is 9.71 Å². The second kappa shape index (κ2) is 7.96. The first-order chi connectivity index (χ1) is 14.3. The zero-order valence-corrected chi connectivity index (χ0v) is 17.3. The molecule has 0 saturated heterocycles. The highest BCUT2D eigenvalue weighted by Crippen LogP contribution is 2.39. The van der Waals surface area contributed by atoms with Gasteiger partial charge in [-0.1, -0.05) is 17.3 Å². The van der Waals surface area contributed by atoms with E-state index in [1.165, 1.54) is 19.2 Å². The number of hydrogen-bond acceptors (Lipinski definition) is 7. The molecule has 1 fully saturated rings. The summed E-state index contributed by atoms with van der Waals surface area (Å²) in [5, 5.41) is 6.59. The Morgan fingerprint density at radius 1 is 1.27 bits per heavy atom. The normalized spacial score (nSPS) is 15.0. The summed E-state index contributed by atoms with van der Waals surface area (Å²) in [7, 11) is -3.97. The van der Waals surface area contributed by atoms with Gasteiger partial charge in [-0.25, -0.2) is 8.42 Å². The van der Waals surface area contributed by atoms with Crippen molar-refractivity contribution < 1.29 is 17.7 Å². The minimum atomic E-state index is -3.97. The van der Waals surface area contributed by atoms with E-state index >= 15 is 0 Å². The van der Waals surface area contributed by atoms with Gasteiger partial charge in [0.2, 0.25) is 27.6 Å². The number of aryl methyl sites for hydroxylation is 1. The Morgan fingerprint density at radius 2 is 2.07 bits per heavy atom. The fourth-order valence-corrected chi connectivity index (χ4v) is 4.39. The molecule has 0 spiro atoms. The van der Waals surface area contributed by atoms with Crippen molar-refractivity contribution in [3.63, 3.8) is 0 Å². The van der Waals surface area contributed by atoms with E-state index in [1.807, 2.05) is 0 Å². The number of aromatic nitrogens is 3. The average Bonchev–Trinajstić information content (AvgIpc) is 3.45. The smallest absolute Gasteiger partial charge is 0.242 e. The van der Waals surface area contributed by atoms with E-state index < -0.39 is 22.0 Å². The zero-order chi connectivity index (χ0) is 21.3. The summed E-state index contributed by atoms with van der Waals surface area (Å²) in [6.45, 7) is 3.16. The number of nitrogens with zero attached hydrogens (tertiary/aromatic N) is 3. The Kier molecular flexibility index (Phi) is 5.35. The van der Waals surface area contributed by atoms with Crippen molar-refractivity contribution in [2.45, 2.75) is 43.5 Å². The first kappa shape index (κ1) is 20.2. The number of amides is 1. The van der Waals surface area contributed by atoms with E-state index in [9.17, 15) is 13.2 Å². The van der Waals surface area contributed by atoms with Gasteiger partial charge >= 0.3 is 0 Å². The maximum atomic E-state index is 13.0. The van der Waals surface area contributed by atoms with Crippen LogP contribution in [0.25, 0.3) is 11.4 Å². The Morgan fingerprint density at radius 3 is 2.77 bits per heavy atom. The topological polar surface area (TPSA) is 127 Å². The van der Waals surface area contributed by atoms with Gasteiger partial charge < -0.3 is 9.84 Å². The monoisotopic (exact) mass is 427 g/mol. The lowest BCUT2D eigenvalue weighted by atomic mass is 10.1. The second-order valence-corrected chi connectivity index (χ2v) is 8.97. The van der Waals surface area contributed by atoms with Gasteiger partial charge in [0.15, 0.2) is 0 Å². The Balaban J connectivity index is 1.53. The number of carbonyl (C=O) groups is 1. The van der Waals surface area contributed by atoms with Crippen LogP contribution in [0.2, 0.25) is 0 Å². The minimum Gasteiger partial charge on any atom is -0.339 e. The lowest BCUT2D eigenvalue weighted by molar-refractivity contribution is -0.117. The number of rotatable bonds is 7. The summed E-state index contributed by atoms with van der Waals surface area (Å²) in [6, 6.07) is 7.26. The molecular weight excluding hydrogens is 406 g/mol. The number of carbonyl (C=O) groups excluding carboxylic acids is 1. The van der Waals surface area contributed by atoms with Crippen LogP contribution in [0.4, 0.5) is 5.69 Å². The SMILES string of the molecule is Cc1ccc(-c2noc(C3CC3)n2)cc1S(=O)(=O)NC(C)C(=O)Nc1cccnc1. The van der Waals surface area contributed by atoms with Crippen molar-refractivity contribution in [2.24, 2.45) is 0 Å². The maximum Gasteiger partial charge on any atom is 0.242 e. The van der Waals surface area contributed by atoms with Gasteiger partial charge in [-0.3, -0.25) is 9.78 Å². The molecule has 0 bridgehead atoms. The summed E-state index contributed by atoms with van der Waals surface area (Å²) in [4.78, 5) is 20.7. The molecule has 0 aliphatic heterocycles. The molecule has 1 amide bonds. The van der Waals surface area contributed by atoms with Crippen LogP contribution in [0, 0.1) is 6.92 Å². The number of anilines is 1. The Labute approximate surface area is 174 Å². The number of sulfonamides is 1. The predicted octanol–water partition coefficient (Wildman–Crippen LogP) is 2.62. The van der Waals surface area contributed by atoms with E-state index in [-0.39, 0.29) is 4.90 Å². The highest BCUT2D eigenvalue weighted by molar-refractivity contribution is 7.89. The molecule has 0 radical (unpaired) electrons. The average molecular weight is 427 g/mol. The van der Waals surface area contributed by atoms with Crippen molar-refractivity contribution in [1.82, 2.24) is 19.8 Å². The van der Waals surface area contributed by atoms with E-state index in [4.69, 9.17) is 4.52 Å². The molecule has 156 valence electrons. The molecule has 1 saturated carbocycles. The zero-order valence-electron chi connectivity index (χ0n) is 16.5. The Bertz CT molecular complexity index is 1170. The third-order valence-corrected chi connectivity index (χ3v) is 6.44. The van der Waals surface area contributed by atoms with Crippen LogP contribution >= 0.6 is 0 Å². The van der Waals surface area contributed by atoms with Crippen molar-refractivity contribution >= 4 is 21.6 Å². The van der Waals surface area contributed by atoms with Crippen molar-refractivity contribution in [2.75, 3.05) is 5.32 Å². The van der Waals surface area contributed by atoms with Crippen LogP contribution in [0.5, 0.6) is 0 Å². The third-order valence-electron chi connectivity index (χ3n) is 4.76. The van der Waals surface area contributed by atoms with E-state index in [1.54, 1.807) is 37.4 Å². The largest absolute Gasteiger partial charge is 0.339 e. The molecule has 30 heavy (non-hydrogen) atoms. The fraction of sp³-hybridized carbons (Fsp3) is 0.300. The maximum absolute atomic E-state index is 13.0. The quantitative estimate of drug-likeness (QED) is 0.593. The molecule has 1 atom stereocenters. The standard InChI is InChI=1S/C20H21N5O4S/c1-12-5-6-15(18-23-20(29-24-18)14-7-8-14)10-17(12)30(27,28)25-13(2)19(26)22-16-4-3-9-21-11-16/h3-6,9-11,13-14,25H,7-8H2,1-2H3,(H,22,26). The molecule has 1 unspecified atom stereocenters. The lowest BCUT2D eigenvalue weighted by Gasteiger charge is -2.16. The van der Waals surface area contributed by atoms with Crippen LogP contribution in [-0.2, 0) is 14.8 Å². The molecular formula is C20H21N5O4S. The van der Waals surface area contributed by atoms with Gasteiger partial charge in [0.05, 0.1) is 22.8 Å². The molecule has 4 rings (SSSR count). The van der Waals surface area contributed by atoms with Crippen LogP contribution in [0.15, 0.2) is 52.1 Å². The van der Waals surface area contributed by atoms with Crippen LogP contribution in [-0.4, -0.2) is 35.5 Å². The third kappa shape index (κ3) is 4.39. The molecule has 2 aromatic heterocycles. The lowest BCUT2D eigenvalue weighted by Crippen LogP contribution is -2.41. The Hall–Kier alpha value is -3.11. The first-order valence-corrected chi connectivity index (χ1v) is 11.0. The molecule has 2 heterocycles. The van der Waals surface area contributed by atoms with Gasteiger partial charge in [0, 0.05) is 17.7 Å². The van der Waals surface area contributed by atoms with Crippen LogP contribution in [0.3, 0.4) is 0 Å². The first-order valence-electron chi connectivity index (χ1n) is 9.51. The predicted molar refractivity (Wildman–Crippen MR) is 109 cm³/mol. The highest BCUT2D eigenvalue weighted by atomic mass is 32.2. The van der Waals surface area contributed by atoms with Gasteiger partial charge in [-0.05, 0) is 50.5 Å². The minimum absolute atomic E-state index is 0.0544. The van der Waals surface area contributed by atoms with Crippen molar-refractivity contribution in [3.05, 3.63) is 54.2 Å². The van der Waals surface area contributed by atoms with Crippen molar-refractivity contribution in [3.8, 4) is 11.4 Å². The molecule has 3 aromatic rings. The van der Waals surface area contributed by atoms with Gasteiger partial charge in [0.1, 0.15) is 0 Å². The van der Waals surface area contributed by atoms with Gasteiger partial charge in [-0.15, -0.1) is 0 Å². The van der Waals surface area contributed by atoms with Crippen molar-refractivity contribution in [1.29, 1.82) is 0 Å². The van der Waals surface area contributed by atoms with E-state index in [0.717, 1.165) is 12.8 Å². The summed E-state index contributed by atoms with van der Waals surface area (Å²) < 4.78 is 33.6. The van der Waals surface area contributed by atoms with Gasteiger partial charge in [0.25, 0.3) is 0 Å². The summed E-state index contributed by atoms with van der Waals surface area (Å²) in [5.74, 6) is 0.734. The summed E-state index contributed by atoms with van der Waals surface area (Å²) in [5.41, 5.74) is 1.55. The number of benzene rings is 1. The highest BCUT2D eigenvalue weighted by Gasteiger charge is 2.30. The summed E-state index contributed by atoms with van der Waals surface area (Å²) in [6.07, 6.45) is 5.11. The fourth-order valence-electron chi connectivity index (χ4n) is 2.91. The van der Waals surface area contributed by atoms with Crippen LogP contribution < -0.4 is 10.0 Å². The second-order valence-electron chi connectivity index (χ2n) is 7.28. The molecule has 9 nitrogen and oxygen atoms in total. The number of nitrogens with one attached hydrogen (secondary N) is 2. The molecule has 2 N–H and O–H groups in total. The molecule has 10 heteroatoms. The molecule has 1 aliphatic carbocycles. The van der Waals surface area contributed by atoms with Crippen LogP contribution in [0.1, 0.15) is 37.1 Å². The molecule has 1 aromatic carbocycles.